The van der Waals surface area contributed by atoms with Crippen LogP contribution in [-0.4, -0.2) is 11.5 Å². The summed E-state index contributed by atoms with van der Waals surface area (Å²) in [6.07, 6.45) is 0.979. The van der Waals surface area contributed by atoms with Gasteiger partial charge in [0.1, 0.15) is 0 Å². The fraction of sp³-hybridized carbons (Fsp3) is 0.308. The lowest BCUT2D eigenvalue weighted by atomic mass is 10.1. The van der Waals surface area contributed by atoms with Crippen LogP contribution in [0.1, 0.15) is 22.9 Å². The molecule has 2 aromatic rings. The molecule has 2 nitrogen and oxygen atoms in total. The Morgan fingerprint density at radius 2 is 2.12 bits per heavy atom. The van der Waals surface area contributed by atoms with Gasteiger partial charge in [-0.3, -0.25) is 0 Å². The molecule has 1 aromatic heterocycles. The van der Waals surface area contributed by atoms with E-state index in [2.05, 4.69) is 34.6 Å². The van der Waals surface area contributed by atoms with Crippen molar-refractivity contribution >= 4 is 23.1 Å². The first-order valence-electron chi connectivity index (χ1n) is 5.63. The van der Waals surface area contributed by atoms with E-state index in [4.69, 9.17) is 5.73 Å². The smallest absolute Gasteiger partial charge is 0.150 e. The maximum absolute atomic E-state index is 5.70. The molecule has 0 aliphatic carbocycles. The molecule has 0 saturated heterocycles. The topological polar surface area (TPSA) is 38.9 Å². The highest BCUT2D eigenvalue weighted by atomic mass is 32.2. The van der Waals surface area contributed by atoms with Crippen molar-refractivity contribution in [2.75, 3.05) is 6.54 Å². The monoisotopic (exact) mass is 264 g/mol. The normalized spacial score (nSPS) is 12.6. The van der Waals surface area contributed by atoms with Gasteiger partial charge >= 0.3 is 0 Å². The largest absolute Gasteiger partial charge is 0.330 e. The lowest BCUT2D eigenvalue weighted by Crippen LogP contribution is -2.04. The molecule has 1 aromatic carbocycles. The Kier molecular flexibility index (Phi) is 4.59. The highest BCUT2D eigenvalue weighted by molar-refractivity contribution is 8.01. The van der Waals surface area contributed by atoms with Crippen molar-refractivity contribution in [1.29, 1.82) is 0 Å². The molecule has 2 N–H and O–H groups in total. The third-order valence-electron chi connectivity index (χ3n) is 2.44. The molecule has 1 unspecified atom stereocenters. The predicted molar refractivity (Wildman–Crippen MR) is 75.6 cm³/mol. The number of hydrogen-bond acceptors (Lipinski definition) is 4. The minimum absolute atomic E-state index is 0.409. The van der Waals surface area contributed by atoms with E-state index in [0.29, 0.717) is 11.8 Å². The average molecular weight is 264 g/mol. The molecule has 0 spiro atoms. The molecule has 17 heavy (non-hydrogen) atoms. The summed E-state index contributed by atoms with van der Waals surface area (Å²) in [5.74, 6) is 0. The molecule has 0 amide bonds. The Balaban J connectivity index is 2.13. The van der Waals surface area contributed by atoms with Crippen LogP contribution >= 0.6 is 23.1 Å². The number of nitrogens with zero attached hydrogens (tertiary/aromatic N) is 1. The van der Waals surface area contributed by atoms with Crippen molar-refractivity contribution < 1.29 is 0 Å². The molecule has 0 radical (unpaired) electrons. The second-order valence-corrected chi connectivity index (χ2v) is 6.16. The maximum Gasteiger partial charge on any atom is 0.150 e. The zero-order chi connectivity index (χ0) is 12.1. The van der Waals surface area contributed by atoms with Crippen LogP contribution in [0.3, 0.4) is 0 Å². The van der Waals surface area contributed by atoms with Gasteiger partial charge in [0.05, 0.1) is 0 Å². The number of thioether (sulfide) groups is 1. The summed E-state index contributed by atoms with van der Waals surface area (Å²) in [6.45, 7) is 2.73. The van der Waals surface area contributed by atoms with Gasteiger partial charge in [0.25, 0.3) is 0 Å². The average Bonchev–Trinajstić information content (AvgIpc) is 2.75. The van der Waals surface area contributed by atoms with E-state index in [1.165, 1.54) is 5.56 Å². The Labute approximate surface area is 110 Å². The van der Waals surface area contributed by atoms with Crippen LogP contribution in [0.2, 0.25) is 0 Å². The summed E-state index contributed by atoms with van der Waals surface area (Å²) in [4.78, 5) is 4.50. The number of aryl methyl sites for hydroxylation is 1. The van der Waals surface area contributed by atoms with Crippen molar-refractivity contribution in [2.24, 2.45) is 5.73 Å². The van der Waals surface area contributed by atoms with Crippen LogP contribution in [0.25, 0.3) is 0 Å². The molecular weight excluding hydrogens is 248 g/mol. The number of rotatable bonds is 5. The van der Waals surface area contributed by atoms with Crippen LogP contribution in [0.15, 0.2) is 40.1 Å². The van der Waals surface area contributed by atoms with Crippen LogP contribution < -0.4 is 5.73 Å². The van der Waals surface area contributed by atoms with Crippen molar-refractivity contribution in [3.05, 3.63) is 47.0 Å². The third kappa shape index (κ3) is 3.56. The van der Waals surface area contributed by atoms with E-state index < -0.39 is 0 Å². The van der Waals surface area contributed by atoms with Gasteiger partial charge in [-0.2, -0.15) is 0 Å². The molecule has 1 heterocycles. The summed E-state index contributed by atoms with van der Waals surface area (Å²) in [5.41, 5.74) is 8.12. The first-order valence-corrected chi connectivity index (χ1v) is 7.39. The maximum atomic E-state index is 5.70. The second kappa shape index (κ2) is 6.19. The van der Waals surface area contributed by atoms with Gasteiger partial charge < -0.3 is 5.73 Å². The standard InChI is InChI=1S/C13H16N2S2/c1-10-9-16-13(15-10)17-12(7-8-14)11-5-3-2-4-6-11/h2-6,9,12H,7-8,14H2,1H3. The lowest BCUT2D eigenvalue weighted by Gasteiger charge is -2.14. The molecule has 1 atom stereocenters. The zero-order valence-corrected chi connectivity index (χ0v) is 11.4. The van der Waals surface area contributed by atoms with Crippen molar-refractivity contribution in [1.82, 2.24) is 4.98 Å². The van der Waals surface area contributed by atoms with Gasteiger partial charge in [-0.05, 0) is 25.5 Å². The summed E-state index contributed by atoms with van der Waals surface area (Å²) in [6, 6.07) is 10.5. The van der Waals surface area contributed by atoms with Gasteiger partial charge in [0, 0.05) is 16.3 Å². The molecule has 0 bridgehead atoms. The SMILES string of the molecule is Cc1csc(SC(CCN)c2ccccc2)n1. The van der Waals surface area contributed by atoms with Gasteiger partial charge in [-0.1, -0.05) is 42.1 Å². The van der Waals surface area contributed by atoms with Crippen molar-refractivity contribution in [3.8, 4) is 0 Å². The quantitative estimate of drug-likeness (QED) is 0.838. The minimum Gasteiger partial charge on any atom is -0.330 e. The number of benzene rings is 1. The number of aromatic nitrogens is 1. The molecule has 0 aliphatic rings. The zero-order valence-electron chi connectivity index (χ0n) is 9.80. The molecule has 0 fully saturated rings. The molecule has 0 aliphatic heterocycles. The van der Waals surface area contributed by atoms with E-state index in [1.807, 2.05) is 24.8 Å². The molecule has 4 heteroatoms. The van der Waals surface area contributed by atoms with E-state index in [-0.39, 0.29) is 0 Å². The highest BCUT2D eigenvalue weighted by Gasteiger charge is 2.13. The van der Waals surface area contributed by atoms with Gasteiger partial charge in [-0.15, -0.1) is 11.3 Å². The third-order valence-corrected chi connectivity index (χ3v) is 4.86. The Morgan fingerprint density at radius 1 is 1.35 bits per heavy atom. The van der Waals surface area contributed by atoms with E-state index in [0.717, 1.165) is 16.5 Å². The predicted octanol–water partition coefficient (Wildman–Crippen LogP) is 3.63. The molecule has 0 saturated carbocycles. The fourth-order valence-electron chi connectivity index (χ4n) is 1.62. The van der Waals surface area contributed by atoms with Crippen LogP contribution in [0, 0.1) is 6.92 Å². The Hall–Kier alpha value is -0.840. The van der Waals surface area contributed by atoms with Gasteiger partial charge in [0.15, 0.2) is 4.34 Å². The molecule has 2 rings (SSSR count). The first-order chi connectivity index (χ1) is 8.29. The Bertz CT molecular complexity index is 453. The number of hydrogen-bond donors (Lipinski definition) is 1. The summed E-state index contributed by atoms with van der Waals surface area (Å²) in [5, 5.41) is 2.50. The first kappa shape index (κ1) is 12.6. The van der Waals surface area contributed by atoms with Crippen LogP contribution in [0.4, 0.5) is 0 Å². The molecule has 90 valence electrons. The number of nitrogens with two attached hydrogens (primary N) is 1. The van der Waals surface area contributed by atoms with Gasteiger partial charge in [0.2, 0.25) is 0 Å². The summed E-state index contributed by atoms with van der Waals surface area (Å²) < 4.78 is 1.13. The van der Waals surface area contributed by atoms with Crippen molar-refractivity contribution in [2.45, 2.75) is 22.9 Å². The fourth-order valence-corrected chi connectivity index (χ4v) is 3.84. The van der Waals surface area contributed by atoms with Gasteiger partial charge in [-0.25, -0.2) is 4.98 Å². The minimum atomic E-state index is 0.409. The van der Waals surface area contributed by atoms with Crippen LogP contribution in [0.5, 0.6) is 0 Å². The van der Waals surface area contributed by atoms with E-state index in [1.54, 1.807) is 11.3 Å². The Morgan fingerprint density at radius 3 is 2.71 bits per heavy atom. The molecular formula is C13H16N2S2. The van der Waals surface area contributed by atoms with Crippen molar-refractivity contribution in [3.63, 3.8) is 0 Å². The lowest BCUT2D eigenvalue weighted by molar-refractivity contribution is 0.813. The number of thiazole rings is 1. The van der Waals surface area contributed by atoms with E-state index in [9.17, 15) is 0 Å². The summed E-state index contributed by atoms with van der Waals surface area (Å²) >= 11 is 3.52. The summed E-state index contributed by atoms with van der Waals surface area (Å²) in [7, 11) is 0. The van der Waals surface area contributed by atoms with E-state index >= 15 is 0 Å². The second-order valence-electron chi connectivity index (χ2n) is 3.85. The highest BCUT2D eigenvalue weighted by Crippen LogP contribution is 2.38. The van der Waals surface area contributed by atoms with Crippen LogP contribution in [-0.2, 0) is 0 Å².